The van der Waals surface area contributed by atoms with Crippen molar-refractivity contribution in [3.05, 3.63) is 35.4 Å². The van der Waals surface area contributed by atoms with E-state index in [1.807, 2.05) is 0 Å². The quantitative estimate of drug-likeness (QED) is 0.737. The van der Waals surface area contributed by atoms with Crippen LogP contribution < -0.4 is 0 Å². The van der Waals surface area contributed by atoms with Crippen LogP contribution in [0.1, 0.15) is 5.56 Å². The van der Waals surface area contributed by atoms with Gasteiger partial charge in [0.15, 0.2) is 11.6 Å². The molecule has 0 bridgehead atoms. The highest BCUT2D eigenvalue weighted by Gasteiger charge is 2.32. The van der Waals surface area contributed by atoms with Gasteiger partial charge < -0.3 is 9.57 Å². The first-order valence-corrected chi connectivity index (χ1v) is 4.86. The average Bonchev–Trinajstić information content (AvgIpc) is 2.80. The Hall–Kier alpha value is -1.98. The fourth-order valence-electron chi connectivity index (χ4n) is 1.56. The lowest BCUT2D eigenvalue weighted by molar-refractivity contribution is -0.143. The third-order valence-corrected chi connectivity index (χ3v) is 2.44. The van der Waals surface area contributed by atoms with E-state index < -0.39 is 23.5 Å². The van der Waals surface area contributed by atoms with E-state index in [4.69, 9.17) is 4.84 Å². The lowest BCUT2D eigenvalue weighted by atomic mass is 9.98. The summed E-state index contributed by atoms with van der Waals surface area (Å²) in [6.07, 6.45) is 0. The number of esters is 1. The summed E-state index contributed by atoms with van der Waals surface area (Å²) in [7, 11) is 1.24. The lowest BCUT2D eigenvalue weighted by Gasteiger charge is -2.08. The van der Waals surface area contributed by atoms with Gasteiger partial charge in [0.2, 0.25) is 0 Å². The Morgan fingerprint density at radius 1 is 1.47 bits per heavy atom. The first kappa shape index (κ1) is 11.5. The zero-order valence-electron chi connectivity index (χ0n) is 8.94. The number of nitrogens with zero attached hydrogens (tertiary/aromatic N) is 1. The number of ether oxygens (including phenoxy) is 1. The van der Waals surface area contributed by atoms with E-state index in [1.165, 1.54) is 13.2 Å². The van der Waals surface area contributed by atoms with Crippen LogP contribution in [0, 0.1) is 17.6 Å². The molecule has 6 heteroatoms. The monoisotopic (exact) mass is 241 g/mol. The van der Waals surface area contributed by atoms with Gasteiger partial charge in [-0.05, 0) is 18.2 Å². The first-order chi connectivity index (χ1) is 8.13. The maximum Gasteiger partial charge on any atom is 0.318 e. The number of hydrogen-bond acceptors (Lipinski definition) is 4. The smallest absolute Gasteiger partial charge is 0.318 e. The van der Waals surface area contributed by atoms with Gasteiger partial charge in [0.05, 0.1) is 7.11 Å². The Bertz CT molecular complexity index is 488. The highest BCUT2D eigenvalue weighted by Crippen LogP contribution is 2.20. The van der Waals surface area contributed by atoms with E-state index in [0.717, 1.165) is 12.1 Å². The van der Waals surface area contributed by atoms with Crippen molar-refractivity contribution in [3.63, 3.8) is 0 Å². The molecule has 2 rings (SSSR count). The topological polar surface area (TPSA) is 47.9 Å². The van der Waals surface area contributed by atoms with Crippen LogP contribution in [0.3, 0.4) is 0 Å². The summed E-state index contributed by atoms with van der Waals surface area (Å²) >= 11 is 0. The molecule has 1 aliphatic heterocycles. The molecule has 1 heterocycles. The maximum atomic E-state index is 13.1. The molecule has 0 spiro atoms. The number of carbonyl (C=O) groups is 1. The summed E-state index contributed by atoms with van der Waals surface area (Å²) in [5, 5.41) is 3.65. The molecule has 17 heavy (non-hydrogen) atoms. The van der Waals surface area contributed by atoms with E-state index in [1.54, 1.807) is 0 Å². The number of carbonyl (C=O) groups excluding carboxylic acids is 1. The molecule has 90 valence electrons. The summed E-state index contributed by atoms with van der Waals surface area (Å²) < 4.78 is 30.4. The fraction of sp³-hybridized carbons (Fsp3) is 0.273. The van der Waals surface area contributed by atoms with Crippen LogP contribution in [0.2, 0.25) is 0 Å². The predicted octanol–water partition coefficient (Wildman–Crippen LogP) is 1.49. The SMILES string of the molecule is COC(=O)C1CON=C1c1ccc(F)c(F)c1. The molecule has 0 amide bonds. The summed E-state index contributed by atoms with van der Waals surface area (Å²) in [5.74, 6) is -3.18. The number of benzene rings is 1. The largest absolute Gasteiger partial charge is 0.468 e. The van der Waals surface area contributed by atoms with Crippen LogP contribution in [-0.4, -0.2) is 25.4 Å². The molecular weight excluding hydrogens is 232 g/mol. The Balaban J connectivity index is 2.32. The van der Waals surface area contributed by atoms with Crippen LogP contribution in [-0.2, 0) is 14.4 Å². The number of halogens is 2. The van der Waals surface area contributed by atoms with Gasteiger partial charge in [-0.2, -0.15) is 0 Å². The minimum atomic E-state index is -0.999. The van der Waals surface area contributed by atoms with Gasteiger partial charge in [0.1, 0.15) is 18.2 Å². The number of rotatable bonds is 2. The van der Waals surface area contributed by atoms with E-state index in [9.17, 15) is 13.6 Å². The molecule has 0 radical (unpaired) electrons. The van der Waals surface area contributed by atoms with E-state index >= 15 is 0 Å². The van der Waals surface area contributed by atoms with Crippen molar-refractivity contribution >= 4 is 11.7 Å². The molecule has 1 atom stereocenters. The molecule has 1 aromatic rings. The average molecular weight is 241 g/mol. The number of oxime groups is 1. The summed E-state index contributed by atoms with van der Waals surface area (Å²) in [6, 6.07) is 3.28. The maximum absolute atomic E-state index is 13.1. The molecule has 4 nitrogen and oxygen atoms in total. The molecule has 1 unspecified atom stereocenters. The molecule has 0 aromatic heterocycles. The van der Waals surface area contributed by atoms with Gasteiger partial charge in [-0.1, -0.05) is 5.16 Å². The third-order valence-electron chi connectivity index (χ3n) is 2.44. The normalized spacial score (nSPS) is 18.5. The minimum absolute atomic E-state index is 0.0427. The van der Waals surface area contributed by atoms with Crippen molar-refractivity contribution in [2.24, 2.45) is 11.1 Å². The van der Waals surface area contributed by atoms with Crippen LogP contribution in [0.5, 0.6) is 0 Å². The van der Waals surface area contributed by atoms with Gasteiger partial charge in [-0.15, -0.1) is 0 Å². The van der Waals surface area contributed by atoms with Gasteiger partial charge in [0, 0.05) is 5.56 Å². The van der Waals surface area contributed by atoms with E-state index in [-0.39, 0.29) is 12.3 Å². The van der Waals surface area contributed by atoms with Crippen molar-refractivity contribution in [1.29, 1.82) is 0 Å². The molecular formula is C11H9F2NO3. The minimum Gasteiger partial charge on any atom is -0.468 e. The Labute approximate surface area is 95.8 Å². The second kappa shape index (κ2) is 4.48. The van der Waals surface area contributed by atoms with Crippen LogP contribution in [0.15, 0.2) is 23.4 Å². The van der Waals surface area contributed by atoms with E-state index in [0.29, 0.717) is 5.56 Å². The summed E-state index contributed by atoms with van der Waals surface area (Å²) in [5.41, 5.74) is 0.549. The summed E-state index contributed by atoms with van der Waals surface area (Å²) in [4.78, 5) is 16.2. The van der Waals surface area contributed by atoms with E-state index in [2.05, 4.69) is 9.89 Å². The van der Waals surface area contributed by atoms with Crippen molar-refractivity contribution in [2.45, 2.75) is 0 Å². The highest BCUT2D eigenvalue weighted by molar-refractivity contribution is 6.12. The van der Waals surface area contributed by atoms with Crippen molar-refractivity contribution in [2.75, 3.05) is 13.7 Å². The van der Waals surface area contributed by atoms with Crippen LogP contribution in [0.25, 0.3) is 0 Å². The second-order valence-corrected chi connectivity index (χ2v) is 3.48. The molecule has 0 N–H and O–H groups in total. The predicted molar refractivity (Wildman–Crippen MR) is 54.4 cm³/mol. The van der Waals surface area contributed by atoms with Crippen molar-refractivity contribution in [1.82, 2.24) is 0 Å². The second-order valence-electron chi connectivity index (χ2n) is 3.48. The Morgan fingerprint density at radius 2 is 2.24 bits per heavy atom. The molecule has 0 aliphatic carbocycles. The Kier molecular flexibility index (Phi) is 3.03. The molecule has 0 saturated carbocycles. The fourth-order valence-corrected chi connectivity index (χ4v) is 1.56. The zero-order chi connectivity index (χ0) is 12.4. The van der Waals surface area contributed by atoms with Crippen molar-refractivity contribution in [3.8, 4) is 0 Å². The van der Waals surface area contributed by atoms with Crippen LogP contribution in [0.4, 0.5) is 8.78 Å². The van der Waals surface area contributed by atoms with Crippen LogP contribution >= 0.6 is 0 Å². The Morgan fingerprint density at radius 3 is 2.88 bits per heavy atom. The number of hydrogen-bond donors (Lipinski definition) is 0. The van der Waals surface area contributed by atoms with Gasteiger partial charge >= 0.3 is 5.97 Å². The van der Waals surface area contributed by atoms with Crippen molar-refractivity contribution < 1.29 is 23.1 Å². The number of methoxy groups -OCH3 is 1. The molecule has 1 aliphatic rings. The molecule has 0 fully saturated rings. The zero-order valence-corrected chi connectivity index (χ0v) is 8.94. The lowest BCUT2D eigenvalue weighted by Crippen LogP contribution is -2.25. The standard InChI is InChI=1S/C11H9F2NO3/c1-16-11(15)7-5-17-14-10(7)6-2-3-8(12)9(13)4-6/h2-4,7H,5H2,1H3. The molecule has 1 aromatic carbocycles. The third kappa shape index (κ3) is 2.11. The van der Waals surface area contributed by atoms with Gasteiger partial charge in [0.25, 0.3) is 0 Å². The van der Waals surface area contributed by atoms with Gasteiger partial charge in [-0.3, -0.25) is 4.79 Å². The molecule has 0 saturated heterocycles. The van der Waals surface area contributed by atoms with Gasteiger partial charge in [-0.25, -0.2) is 8.78 Å². The summed E-state index contributed by atoms with van der Waals surface area (Å²) in [6.45, 7) is 0.0427. The highest BCUT2D eigenvalue weighted by atomic mass is 19.2. The first-order valence-electron chi connectivity index (χ1n) is 4.86.